The van der Waals surface area contributed by atoms with Gasteiger partial charge in [0.15, 0.2) is 6.10 Å². The molecule has 0 aliphatic heterocycles. The highest BCUT2D eigenvalue weighted by atomic mass is 35.5. The number of carbonyl (C=O) groups is 1. The summed E-state index contributed by atoms with van der Waals surface area (Å²) in [5.74, 6) is 0.499. The van der Waals surface area contributed by atoms with Gasteiger partial charge in [-0.25, -0.2) is 0 Å². The van der Waals surface area contributed by atoms with E-state index in [1.807, 2.05) is 69.2 Å². The molecule has 0 aliphatic carbocycles. The number of nitrogens with one attached hydrogen (secondary N) is 1. The molecule has 0 aliphatic rings. The van der Waals surface area contributed by atoms with Crippen LogP contribution in [0.1, 0.15) is 23.6 Å². The number of rotatable bonds is 6. The lowest BCUT2D eigenvalue weighted by Crippen LogP contribution is -2.35. The molecule has 2 aromatic rings. The molecule has 1 unspecified atom stereocenters. The standard InChI is InChI=1S/C20H25ClN2O2/c1-13-10-18(11-14(2)19(13)21)25-15(3)20(24)22-12-16-6-8-17(9-7-16)23(4)5/h6-11,15H,12H2,1-5H3,(H,22,24). The minimum absolute atomic E-state index is 0.151. The molecule has 1 amide bonds. The van der Waals surface area contributed by atoms with E-state index >= 15 is 0 Å². The number of aryl methyl sites for hydroxylation is 2. The fourth-order valence-corrected chi connectivity index (χ4v) is 2.59. The van der Waals surface area contributed by atoms with E-state index in [0.29, 0.717) is 12.3 Å². The molecule has 2 rings (SSSR count). The molecule has 1 N–H and O–H groups in total. The number of nitrogens with zero attached hydrogens (tertiary/aromatic N) is 1. The first kappa shape index (κ1) is 19.1. The number of benzene rings is 2. The van der Waals surface area contributed by atoms with Crippen LogP contribution in [0.25, 0.3) is 0 Å². The number of anilines is 1. The van der Waals surface area contributed by atoms with Crippen molar-refractivity contribution in [3.8, 4) is 5.75 Å². The van der Waals surface area contributed by atoms with Crippen molar-refractivity contribution < 1.29 is 9.53 Å². The molecule has 0 saturated carbocycles. The number of amides is 1. The van der Waals surface area contributed by atoms with Gasteiger partial charge in [-0.15, -0.1) is 0 Å². The summed E-state index contributed by atoms with van der Waals surface area (Å²) in [5.41, 5.74) is 4.04. The Labute approximate surface area is 154 Å². The van der Waals surface area contributed by atoms with Crippen LogP contribution in [0, 0.1) is 13.8 Å². The molecule has 25 heavy (non-hydrogen) atoms. The summed E-state index contributed by atoms with van der Waals surface area (Å²) in [5, 5.41) is 3.63. The molecule has 1 atom stereocenters. The van der Waals surface area contributed by atoms with Crippen molar-refractivity contribution in [3.63, 3.8) is 0 Å². The average Bonchev–Trinajstić information content (AvgIpc) is 2.57. The molecule has 134 valence electrons. The number of hydrogen-bond donors (Lipinski definition) is 1. The Kier molecular flexibility index (Phi) is 6.32. The lowest BCUT2D eigenvalue weighted by Gasteiger charge is -2.17. The highest BCUT2D eigenvalue weighted by molar-refractivity contribution is 6.32. The van der Waals surface area contributed by atoms with Crippen LogP contribution in [-0.2, 0) is 11.3 Å². The Morgan fingerprint density at radius 1 is 1.16 bits per heavy atom. The number of halogens is 1. The van der Waals surface area contributed by atoms with E-state index in [1.165, 1.54) is 0 Å². The van der Waals surface area contributed by atoms with Crippen LogP contribution in [0.3, 0.4) is 0 Å². The molecular formula is C20H25ClN2O2. The van der Waals surface area contributed by atoms with Crippen LogP contribution in [0.2, 0.25) is 5.02 Å². The number of ether oxygens (including phenoxy) is 1. The quantitative estimate of drug-likeness (QED) is 0.843. The minimum atomic E-state index is -0.582. The van der Waals surface area contributed by atoms with Crippen molar-refractivity contribution >= 4 is 23.2 Å². The van der Waals surface area contributed by atoms with E-state index in [2.05, 4.69) is 5.32 Å². The molecule has 5 heteroatoms. The molecule has 0 saturated heterocycles. The summed E-state index contributed by atoms with van der Waals surface area (Å²) in [4.78, 5) is 14.3. The fraction of sp³-hybridized carbons (Fsp3) is 0.350. The topological polar surface area (TPSA) is 41.6 Å². The predicted molar refractivity (Wildman–Crippen MR) is 104 cm³/mol. The fourth-order valence-electron chi connectivity index (χ4n) is 2.48. The Morgan fingerprint density at radius 2 is 1.72 bits per heavy atom. The highest BCUT2D eigenvalue weighted by Gasteiger charge is 2.15. The van der Waals surface area contributed by atoms with Crippen LogP contribution in [0.15, 0.2) is 36.4 Å². The molecule has 4 nitrogen and oxygen atoms in total. The molecule has 0 radical (unpaired) electrons. The monoisotopic (exact) mass is 360 g/mol. The summed E-state index contributed by atoms with van der Waals surface area (Å²) >= 11 is 6.16. The Bertz CT molecular complexity index is 719. The lowest BCUT2D eigenvalue weighted by atomic mass is 10.1. The van der Waals surface area contributed by atoms with Crippen molar-refractivity contribution in [1.82, 2.24) is 5.32 Å². The zero-order valence-corrected chi connectivity index (χ0v) is 16.1. The van der Waals surface area contributed by atoms with E-state index in [0.717, 1.165) is 27.4 Å². The van der Waals surface area contributed by atoms with Gasteiger partial charge in [-0.05, 0) is 61.7 Å². The van der Waals surface area contributed by atoms with Gasteiger partial charge in [0.2, 0.25) is 0 Å². The smallest absolute Gasteiger partial charge is 0.261 e. The third-order valence-corrected chi connectivity index (χ3v) is 4.61. The molecular weight excluding hydrogens is 336 g/mol. The summed E-state index contributed by atoms with van der Waals surface area (Å²) in [6, 6.07) is 11.8. The highest BCUT2D eigenvalue weighted by Crippen LogP contribution is 2.26. The second-order valence-electron chi connectivity index (χ2n) is 6.41. The van der Waals surface area contributed by atoms with Crippen LogP contribution >= 0.6 is 11.6 Å². The second kappa shape index (κ2) is 8.26. The van der Waals surface area contributed by atoms with Gasteiger partial charge < -0.3 is 15.0 Å². The summed E-state index contributed by atoms with van der Waals surface area (Å²) in [7, 11) is 3.99. The van der Waals surface area contributed by atoms with Crippen molar-refractivity contribution in [1.29, 1.82) is 0 Å². The SMILES string of the molecule is Cc1cc(OC(C)C(=O)NCc2ccc(N(C)C)cc2)cc(C)c1Cl. The molecule has 0 bridgehead atoms. The largest absolute Gasteiger partial charge is 0.481 e. The van der Waals surface area contributed by atoms with Crippen LogP contribution in [0.5, 0.6) is 5.75 Å². The molecule has 0 aromatic heterocycles. The van der Waals surface area contributed by atoms with E-state index < -0.39 is 6.10 Å². The van der Waals surface area contributed by atoms with E-state index in [1.54, 1.807) is 6.92 Å². The summed E-state index contributed by atoms with van der Waals surface area (Å²) < 4.78 is 5.75. The van der Waals surface area contributed by atoms with Gasteiger partial charge in [-0.1, -0.05) is 23.7 Å². The zero-order valence-electron chi connectivity index (χ0n) is 15.4. The first-order chi connectivity index (χ1) is 11.8. The maximum Gasteiger partial charge on any atom is 0.261 e. The predicted octanol–water partition coefficient (Wildman–Crippen LogP) is 4.11. The van der Waals surface area contributed by atoms with Gasteiger partial charge in [-0.2, -0.15) is 0 Å². The number of carbonyl (C=O) groups excluding carboxylic acids is 1. The van der Waals surface area contributed by atoms with Gasteiger partial charge in [0.25, 0.3) is 5.91 Å². The van der Waals surface area contributed by atoms with Crippen molar-refractivity contribution in [2.45, 2.75) is 33.4 Å². The van der Waals surface area contributed by atoms with Crippen LogP contribution in [-0.4, -0.2) is 26.1 Å². The van der Waals surface area contributed by atoms with Crippen LogP contribution < -0.4 is 15.0 Å². The van der Waals surface area contributed by atoms with E-state index in [9.17, 15) is 4.79 Å². The van der Waals surface area contributed by atoms with Gasteiger partial charge in [0.1, 0.15) is 5.75 Å². The summed E-state index contributed by atoms with van der Waals surface area (Å²) in [6.07, 6.45) is -0.582. The molecule has 0 spiro atoms. The van der Waals surface area contributed by atoms with Crippen molar-refractivity contribution in [2.75, 3.05) is 19.0 Å². The van der Waals surface area contributed by atoms with E-state index in [-0.39, 0.29) is 5.91 Å². The van der Waals surface area contributed by atoms with Crippen molar-refractivity contribution in [2.24, 2.45) is 0 Å². The zero-order chi connectivity index (χ0) is 18.6. The van der Waals surface area contributed by atoms with Gasteiger partial charge in [-0.3, -0.25) is 4.79 Å². The van der Waals surface area contributed by atoms with E-state index in [4.69, 9.17) is 16.3 Å². The lowest BCUT2D eigenvalue weighted by molar-refractivity contribution is -0.127. The van der Waals surface area contributed by atoms with Crippen LogP contribution in [0.4, 0.5) is 5.69 Å². The third-order valence-electron chi connectivity index (χ3n) is 4.01. The van der Waals surface area contributed by atoms with Crippen molar-refractivity contribution in [3.05, 3.63) is 58.1 Å². The molecule has 2 aromatic carbocycles. The first-order valence-electron chi connectivity index (χ1n) is 8.25. The maximum absolute atomic E-state index is 12.3. The Balaban J connectivity index is 1.92. The maximum atomic E-state index is 12.3. The first-order valence-corrected chi connectivity index (χ1v) is 8.63. The molecule has 0 fully saturated rings. The van der Waals surface area contributed by atoms with Gasteiger partial charge >= 0.3 is 0 Å². The Morgan fingerprint density at radius 3 is 2.24 bits per heavy atom. The third kappa shape index (κ3) is 5.13. The Hall–Kier alpha value is -2.20. The summed E-state index contributed by atoms with van der Waals surface area (Å²) in [6.45, 7) is 6.05. The minimum Gasteiger partial charge on any atom is -0.481 e. The molecule has 0 heterocycles. The normalized spacial score (nSPS) is 11.8. The van der Waals surface area contributed by atoms with Gasteiger partial charge in [0.05, 0.1) is 0 Å². The second-order valence-corrected chi connectivity index (χ2v) is 6.79. The number of hydrogen-bond acceptors (Lipinski definition) is 3. The average molecular weight is 361 g/mol. The van der Waals surface area contributed by atoms with Gasteiger partial charge in [0, 0.05) is 31.4 Å².